The van der Waals surface area contributed by atoms with E-state index in [-0.39, 0.29) is 0 Å². The Hall–Kier alpha value is -3.31. The van der Waals surface area contributed by atoms with Crippen LogP contribution in [-0.4, -0.2) is 0 Å². The summed E-state index contributed by atoms with van der Waals surface area (Å²) in [6.45, 7) is 10.7. The van der Waals surface area contributed by atoms with Crippen molar-refractivity contribution in [2.24, 2.45) is 0 Å². The summed E-state index contributed by atoms with van der Waals surface area (Å²) in [4.78, 5) is 0.935. The maximum Gasteiger partial charge on any atom is 0.0625 e. The maximum absolute atomic E-state index is 4.31. The van der Waals surface area contributed by atoms with Gasteiger partial charge in [-0.05, 0) is 91.1 Å². The summed E-state index contributed by atoms with van der Waals surface area (Å²) in [5.74, 6) is 26.1. The van der Waals surface area contributed by atoms with E-state index in [1.165, 1.54) is 23.7 Å². The average molecular weight is 468 g/mol. The predicted molar refractivity (Wildman–Crippen MR) is 149 cm³/mol. The van der Waals surface area contributed by atoms with Crippen molar-refractivity contribution in [2.75, 3.05) is 0 Å². The van der Waals surface area contributed by atoms with Crippen molar-refractivity contribution in [1.82, 2.24) is 0 Å². The van der Waals surface area contributed by atoms with Gasteiger partial charge in [0.05, 0.1) is 5.92 Å². The second kappa shape index (κ2) is 11.0. The molecule has 0 saturated heterocycles. The summed E-state index contributed by atoms with van der Waals surface area (Å²) in [6, 6.07) is 22.1. The maximum atomic E-state index is 4.31. The summed E-state index contributed by atoms with van der Waals surface area (Å²) in [5, 5.41) is 0. The first kappa shape index (κ1) is 24.8. The van der Waals surface area contributed by atoms with Gasteiger partial charge < -0.3 is 0 Å². The highest BCUT2D eigenvalue weighted by atomic mass is 32.1. The van der Waals surface area contributed by atoms with Crippen molar-refractivity contribution in [1.29, 1.82) is 0 Å². The Labute approximate surface area is 217 Å². The lowest BCUT2D eigenvalue weighted by Crippen LogP contribution is -2.04. The number of hydrogen-bond acceptors (Lipinski definition) is 1. The highest BCUT2D eigenvalue weighted by Crippen LogP contribution is 2.51. The van der Waals surface area contributed by atoms with Gasteiger partial charge in [0, 0.05) is 44.5 Å². The summed E-state index contributed by atoms with van der Waals surface area (Å²) >= 11 is 4.31. The van der Waals surface area contributed by atoms with Gasteiger partial charge in [-0.3, -0.25) is 0 Å². The van der Waals surface area contributed by atoms with E-state index in [0.29, 0.717) is 0 Å². The Morgan fingerprint density at radius 1 is 0.457 bits per heavy atom. The fraction of sp³-hybridized carbons (Fsp3) is 0.147. The van der Waals surface area contributed by atoms with Crippen molar-refractivity contribution < 1.29 is 0 Å². The van der Waals surface area contributed by atoms with Crippen molar-refractivity contribution in [3.05, 3.63) is 130 Å². The topological polar surface area (TPSA) is 0 Å². The molecule has 1 aliphatic carbocycles. The minimum atomic E-state index is 0.935. The first-order valence-corrected chi connectivity index (χ1v) is 12.1. The van der Waals surface area contributed by atoms with Crippen LogP contribution < -0.4 is 0 Å². The molecule has 1 fully saturated rings. The molecule has 0 unspecified atom stereocenters. The van der Waals surface area contributed by atoms with Gasteiger partial charge in [-0.2, -0.15) is 0 Å². The molecule has 4 rings (SSSR count). The molecular formula is C34H27S. The molecule has 1 heteroatoms. The summed E-state index contributed by atoms with van der Waals surface area (Å²) in [6.07, 6.45) is 0. The minimum Gasteiger partial charge on any atom is -0.143 e. The second-order valence-corrected chi connectivity index (χ2v) is 9.30. The van der Waals surface area contributed by atoms with E-state index < -0.39 is 0 Å². The minimum absolute atomic E-state index is 0.935. The number of benzene rings is 3. The zero-order valence-corrected chi connectivity index (χ0v) is 21.7. The highest BCUT2D eigenvalue weighted by Gasteiger charge is 2.42. The van der Waals surface area contributed by atoms with Crippen LogP contribution in [0, 0.1) is 72.0 Å². The van der Waals surface area contributed by atoms with Crippen molar-refractivity contribution in [3.8, 4) is 35.5 Å². The van der Waals surface area contributed by atoms with E-state index in [9.17, 15) is 0 Å². The third kappa shape index (κ3) is 6.04. The first-order chi connectivity index (χ1) is 16.8. The number of aryl methyl sites for hydroxylation is 1. The van der Waals surface area contributed by atoms with Crippen LogP contribution in [0.25, 0.3) is 0 Å². The Balaban J connectivity index is 1.43. The number of rotatable bonds is 0. The molecule has 0 heterocycles. The van der Waals surface area contributed by atoms with Crippen LogP contribution in [0.1, 0.15) is 61.1 Å². The molecule has 3 aromatic rings. The van der Waals surface area contributed by atoms with Gasteiger partial charge in [-0.15, -0.1) is 12.6 Å². The van der Waals surface area contributed by atoms with E-state index >= 15 is 0 Å². The second-order valence-electron chi connectivity index (χ2n) is 8.78. The molecule has 0 aromatic heterocycles. The lowest BCUT2D eigenvalue weighted by molar-refractivity contribution is 0.973. The number of thiol groups is 1. The summed E-state index contributed by atoms with van der Waals surface area (Å²) in [5.41, 5.74) is 6.04. The standard InChI is InChI=1S/C34H27S/c1-23-22-31(11-10-30-14-19-33(35)20-15-30)13-18-32(23)17-12-28-6-8-29(9-7-28)16-21-34-26(4)24(2)25(3)27(34)5/h6-9,13-15,18-20,22,35H,1-5H3. The Morgan fingerprint density at radius 2 is 0.886 bits per heavy atom. The summed E-state index contributed by atoms with van der Waals surface area (Å²) in [7, 11) is 0. The van der Waals surface area contributed by atoms with Crippen LogP contribution in [0.2, 0.25) is 0 Å². The highest BCUT2D eigenvalue weighted by molar-refractivity contribution is 7.80. The van der Waals surface area contributed by atoms with Gasteiger partial charge >= 0.3 is 0 Å². The molecule has 3 aromatic carbocycles. The van der Waals surface area contributed by atoms with Crippen LogP contribution in [0.3, 0.4) is 0 Å². The van der Waals surface area contributed by atoms with E-state index in [1.54, 1.807) is 0 Å². The Morgan fingerprint density at radius 3 is 1.43 bits per heavy atom. The monoisotopic (exact) mass is 467 g/mol. The largest absolute Gasteiger partial charge is 0.143 e. The molecule has 5 radical (unpaired) electrons. The molecule has 0 spiro atoms. The molecule has 0 bridgehead atoms. The van der Waals surface area contributed by atoms with Crippen molar-refractivity contribution in [3.63, 3.8) is 0 Å². The zero-order valence-electron chi connectivity index (χ0n) is 20.8. The average Bonchev–Trinajstić information content (AvgIpc) is 3.04. The molecule has 0 N–H and O–H groups in total. The van der Waals surface area contributed by atoms with Crippen molar-refractivity contribution >= 4 is 12.6 Å². The molecule has 1 aliphatic rings. The van der Waals surface area contributed by atoms with E-state index in [4.69, 9.17) is 0 Å². The van der Waals surface area contributed by atoms with Gasteiger partial charge in [0.15, 0.2) is 0 Å². The van der Waals surface area contributed by atoms with E-state index in [1.807, 2.05) is 60.7 Å². The fourth-order valence-corrected chi connectivity index (χ4v) is 4.04. The lowest BCUT2D eigenvalue weighted by Gasteiger charge is -2.11. The number of hydrogen-bond donors (Lipinski definition) is 1. The molecule has 35 heavy (non-hydrogen) atoms. The lowest BCUT2D eigenvalue weighted by atomic mass is 9.90. The SMILES string of the molecule is C[C]1[C](C)[C](C)[C](C#Cc2ccc(C#Cc3ccc(C#Cc4ccc(S)cc4)cc3C)cc2)[C]1C. The molecule has 0 atom stereocenters. The fourth-order valence-electron chi connectivity index (χ4n) is 3.89. The molecule has 0 amide bonds. The Kier molecular flexibility index (Phi) is 7.76. The molecule has 169 valence electrons. The van der Waals surface area contributed by atoms with Crippen molar-refractivity contribution in [2.45, 2.75) is 39.5 Å². The van der Waals surface area contributed by atoms with Crippen LogP contribution in [-0.2, 0) is 0 Å². The van der Waals surface area contributed by atoms with Crippen LogP contribution in [0.15, 0.2) is 71.6 Å². The van der Waals surface area contributed by atoms with Gasteiger partial charge in [0.2, 0.25) is 0 Å². The molecule has 0 aliphatic heterocycles. The molecular weight excluding hydrogens is 440 g/mol. The van der Waals surface area contributed by atoms with Gasteiger partial charge in [-0.25, -0.2) is 0 Å². The van der Waals surface area contributed by atoms with Crippen LogP contribution >= 0.6 is 12.6 Å². The van der Waals surface area contributed by atoms with E-state index in [2.05, 4.69) is 88.8 Å². The third-order valence-electron chi connectivity index (χ3n) is 6.44. The molecule has 0 nitrogen and oxygen atoms in total. The quantitative estimate of drug-likeness (QED) is 0.258. The third-order valence-corrected chi connectivity index (χ3v) is 6.74. The smallest absolute Gasteiger partial charge is 0.0625 e. The zero-order chi connectivity index (χ0) is 24.9. The van der Waals surface area contributed by atoms with Gasteiger partial charge in [0.25, 0.3) is 0 Å². The summed E-state index contributed by atoms with van der Waals surface area (Å²) < 4.78 is 0. The van der Waals surface area contributed by atoms with Crippen LogP contribution in [0.4, 0.5) is 0 Å². The Bertz CT molecular complexity index is 1360. The van der Waals surface area contributed by atoms with Gasteiger partial charge in [0.1, 0.15) is 0 Å². The van der Waals surface area contributed by atoms with Gasteiger partial charge in [-0.1, -0.05) is 63.2 Å². The predicted octanol–water partition coefficient (Wildman–Crippen LogP) is 7.40. The first-order valence-electron chi connectivity index (χ1n) is 11.6. The van der Waals surface area contributed by atoms with E-state index in [0.717, 1.165) is 44.2 Å². The van der Waals surface area contributed by atoms with Crippen LogP contribution in [0.5, 0.6) is 0 Å². The molecule has 1 saturated carbocycles. The normalized spacial score (nSPS) is 15.0.